The monoisotopic (exact) mass is 304 g/mol. The molecule has 1 unspecified atom stereocenters. The summed E-state index contributed by atoms with van der Waals surface area (Å²) in [6.07, 6.45) is 2.32. The van der Waals surface area contributed by atoms with E-state index in [9.17, 15) is 9.59 Å². The number of hydrogen-bond donors (Lipinski definition) is 1. The van der Waals surface area contributed by atoms with Gasteiger partial charge in [-0.15, -0.1) is 0 Å². The van der Waals surface area contributed by atoms with Gasteiger partial charge in [0.05, 0.1) is 5.02 Å². The number of aromatic nitrogens is 1. The lowest BCUT2D eigenvalue weighted by molar-refractivity contribution is -0.109. The number of aldehydes is 1. The van der Waals surface area contributed by atoms with Crippen LogP contribution < -0.4 is 5.32 Å². The van der Waals surface area contributed by atoms with Crippen LogP contribution in [0.1, 0.15) is 18.1 Å². The number of rotatable bonds is 5. The molecule has 0 bridgehead atoms. The maximum atomic E-state index is 11.9. The molecule has 0 aliphatic carbocycles. The molecule has 2 aromatic rings. The lowest BCUT2D eigenvalue weighted by Gasteiger charge is -2.16. The van der Waals surface area contributed by atoms with Crippen molar-refractivity contribution in [2.24, 2.45) is 0 Å². The summed E-state index contributed by atoms with van der Waals surface area (Å²) >= 11 is 5.85. The lowest BCUT2D eigenvalue weighted by atomic mass is 10.1. The summed E-state index contributed by atoms with van der Waals surface area (Å²) in [5.41, 5.74) is 1.18. The summed E-state index contributed by atoms with van der Waals surface area (Å²) < 4.78 is 5.26. The Kier molecular flexibility index (Phi) is 5.29. The van der Waals surface area contributed by atoms with E-state index in [2.05, 4.69) is 10.3 Å². The molecule has 1 aromatic heterocycles. The lowest BCUT2D eigenvalue weighted by Crippen LogP contribution is -2.18. The highest BCUT2D eigenvalue weighted by Crippen LogP contribution is 2.23. The van der Waals surface area contributed by atoms with Crippen LogP contribution in [0.5, 0.6) is 0 Å². The fourth-order valence-corrected chi connectivity index (χ4v) is 1.92. The summed E-state index contributed by atoms with van der Waals surface area (Å²) in [5.74, 6) is 0. The van der Waals surface area contributed by atoms with Gasteiger partial charge in [-0.05, 0) is 18.2 Å². The average molecular weight is 305 g/mol. The number of carbonyl (C=O) groups excluding carboxylic acids is 2. The second-order valence-corrected chi connectivity index (χ2v) is 4.66. The number of para-hydroxylation sites is 1. The van der Waals surface area contributed by atoms with Crippen LogP contribution in [0.15, 0.2) is 48.8 Å². The van der Waals surface area contributed by atoms with Gasteiger partial charge in [0, 0.05) is 30.1 Å². The molecule has 108 valence electrons. The molecule has 0 fully saturated rings. The van der Waals surface area contributed by atoms with Gasteiger partial charge < -0.3 is 9.53 Å². The summed E-state index contributed by atoms with van der Waals surface area (Å²) in [4.78, 5) is 26.5. The van der Waals surface area contributed by atoms with Crippen molar-refractivity contribution in [2.75, 3.05) is 5.32 Å². The smallest absolute Gasteiger partial charge is 0.412 e. The number of hydrogen-bond acceptors (Lipinski definition) is 4. The number of benzene rings is 1. The van der Waals surface area contributed by atoms with Crippen LogP contribution >= 0.6 is 11.6 Å². The topological polar surface area (TPSA) is 68.3 Å². The van der Waals surface area contributed by atoms with Crippen molar-refractivity contribution in [2.45, 2.75) is 12.5 Å². The predicted molar refractivity (Wildman–Crippen MR) is 79.2 cm³/mol. The second kappa shape index (κ2) is 7.40. The van der Waals surface area contributed by atoms with Crippen molar-refractivity contribution in [1.29, 1.82) is 0 Å². The van der Waals surface area contributed by atoms with Crippen LogP contribution in [0, 0.1) is 0 Å². The van der Waals surface area contributed by atoms with E-state index in [-0.39, 0.29) is 6.42 Å². The minimum Gasteiger partial charge on any atom is -0.441 e. The molecule has 1 amide bonds. The third-order valence-corrected chi connectivity index (χ3v) is 2.88. The Balaban J connectivity index is 2.06. The first-order valence-electron chi connectivity index (χ1n) is 6.26. The van der Waals surface area contributed by atoms with E-state index in [0.29, 0.717) is 22.6 Å². The van der Waals surface area contributed by atoms with E-state index in [4.69, 9.17) is 16.3 Å². The molecule has 0 radical (unpaired) electrons. The highest BCUT2D eigenvalue weighted by Gasteiger charge is 2.17. The van der Waals surface area contributed by atoms with Gasteiger partial charge >= 0.3 is 6.09 Å². The Labute approximate surface area is 126 Å². The first-order valence-corrected chi connectivity index (χ1v) is 6.63. The molecule has 1 atom stereocenters. The number of anilines is 1. The molecule has 21 heavy (non-hydrogen) atoms. The molecule has 2 rings (SSSR count). The van der Waals surface area contributed by atoms with Crippen LogP contribution in [-0.4, -0.2) is 17.4 Å². The maximum Gasteiger partial charge on any atom is 0.412 e. The highest BCUT2D eigenvalue weighted by atomic mass is 35.5. The minimum absolute atomic E-state index is 0.0320. The Morgan fingerprint density at radius 3 is 2.76 bits per heavy atom. The number of ether oxygens (including phenoxy) is 1. The molecule has 0 saturated heterocycles. The summed E-state index contributed by atoms with van der Waals surface area (Å²) in [5, 5.41) is 3.00. The van der Waals surface area contributed by atoms with E-state index >= 15 is 0 Å². The van der Waals surface area contributed by atoms with Crippen molar-refractivity contribution >= 4 is 29.7 Å². The third-order valence-electron chi connectivity index (χ3n) is 2.68. The first kappa shape index (κ1) is 15.0. The van der Waals surface area contributed by atoms with Crippen molar-refractivity contribution in [3.05, 3.63) is 59.4 Å². The van der Waals surface area contributed by atoms with Crippen molar-refractivity contribution < 1.29 is 14.3 Å². The van der Waals surface area contributed by atoms with Crippen LogP contribution in [0.25, 0.3) is 0 Å². The molecule has 0 spiro atoms. The zero-order chi connectivity index (χ0) is 15.1. The van der Waals surface area contributed by atoms with Crippen molar-refractivity contribution in [1.82, 2.24) is 4.98 Å². The number of nitrogens with one attached hydrogen (secondary N) is 1. The summed E-state index contributed by atoms with van der Waals surface area (Å²) in [6.45, 7) is 0. The summed E-state index contributed by atoms with van der Waals surface area (Å²) in [6, 6.07) is 10.5. The van der Waals surface area contributed by atoms with Crippen LogP contribution in [-0.2, 0) is 9.53 Å². The van der Waals surface area contributed by atoms with Gasteiger partial charge in [-0.2, -0.15) is 0 Å². The minimum atomic E-state index is -0.725. The molecule has 0 aliphatic heterocycles. The summed E-state index contributed by atoms with van der Waals surface area (Å²) in [7, 11) is 0. The van der Waals surface area contributed by atoms with Gasteiger partial charge in [0.25, 0.3) is 0 Å². The van der Waals surface area contributed by atoms with Gasteiger partial charge in [0.1, 0.15) is 12.4 Å². The van der Waals surface area contributed by atoms with Crippen LogP contribution in [0.2, 0.25) is 5.02 Å². The maximum absolute atomic E-state index is 11.9. The predicted octanol–water partition coefficient (Wildman–Crippen LogP) is 3.61. The van der Waals surface area contributed by atoms with E-state index < -0.39 is 12.2 Å². The van der Waals surface area contributed by atoms with Crippen molar-refractivity contribution in [3.8, 4) is 0 Å². The van der Waals surface area contributed by atoms with E-state index in [1.807, 2.05) is 6.07 Å². The molecule has 5 nitrogen and oxygen atoms in total. The largest absolute Gasteiger partial charge is 0.441 e. The molecule has 1 heterocycles. The molecular formula is C15H13ClN2O3. The molecule has 1 N–H and O–H groups in total. The molecule has 1 aromatic carbocycles. The number of nitrogens with zero attached hydrogens (tertiary/aromatic N) is 1. The Morgan fingerprint density at radius 2 is 2.10 bits per heavy atom. The van der Waals surface area contributed by atoms with Crippen LogP contribution in [0.3, 0.4) is 0 Å². The van der Waals surface area contributed by atoms with Gasteiger partial charge in [-0.25, -0.2) is 4.79 Å². The van der Waals surface area contributed by atoms with E-state index in [1.165, 1.54) is 12.4 Å². The number of amides is 1. The Morgan fingerprint density at radius 1 is 1.33 bits per heavy atom. The first-order chi connectivity index (χ1) is 10.2. The highest BCUT2D eigenvalue weighted by molar-refractivity contribution is 6.30. The normalized spacial score (nSPS) is 11.5. The molecule has 6 heteroatoms. The third kappa shape index (κ3) is 4.57. The number of carbonyl (C=O) groups is 2. The SMILES string of the molecule is O=CCC(OC(=O)Nc1ccccc1)c1cncc(Cl)c1. The Bertz CT molecular complexity index is 619. The fraction of sp³-hybridized carbons (Fsp3) is 0.133. The molecular weight excluding hydrogens is 292 g/mol. The van der Waals surface area contributed by atoms with Crippen molar-refractivity contribution in [3.63, 3.8) is 0 Å². The second-order valence-electron chi connectivity index (χ2n) is 4.22. The zero-order valence-electron chi connectivity index (χ0n) is 11.0. The standard InChI is InChI=1S/C15H13ClN2O3/c16-12-8-11(9-17-10-12)14(6-7-19)21-15(20)18-13-4-2-1-3-5-13/h1-5,7-10,14H,6H2,(H,18,20). The van der Waals surface area contributed by atoms with E-state index in [0.717, 1.165) is 0 Å². The molecule has 0 aliphatic rings. The number of pyridine rings is 1. The molecule has 0 saturated carbocycles. The Hall–Kier alpha value is -2.40. The quantitative estimate of drug-likeness (QED) is 0.857. The number of halogens is 1. The van der Waals surface area contributed by atoms with Gasteiger partial charge in [0.2, 0.25) is 0 Å². The van der Waals surface area contributed by atoms with Crippen LogP contribution in [0.4, 0.5) is 10.5 Å². The zero-order valence-corrected chi connectivity index (χ0v) is 11.8. The van der Waals surface area contributed by atoms with E-state index in [1.54, 1.807) is 30.3 Å². The average Bonchev–Trinajstić information content (AvgIpc) is 2.48. The van der Waals surface area contributed by atoms with Gasteiger partial charge in [-0.3, -0.25) is 10.3 Å². The fourth-order valence-electron chi connectivity index (χ4n) is 1.74. The van der Waals surface area contributed by atoms with Gasteiger partial charge in [-0.1, -0.05) is 29.8 Å². The van der Waals surface area contributed by atoms with Gasteiger partial charge in [0.15, 0.2) is 0 Å².